The quantitative estimate of drug-likeness (QED) is 0.921. The second-order valence-corrected chi connectivity index (χ2v) is 6.63. The number of amides is 1. The number of benzene rings is 1. The summed E-state index contributed by atoms with van der Waals surface area (Å²) in [6.45, 7) is 2.18. The molecule has 1 aromatic rings. The molecule has 2 fully saturated rings. The van der Waals surface area contributed by atoms with E-state index in [1.807, 2.05) is 24.1 Å². The highest BCUT2D eigenvalue weighted by atomic mass is 35.5. The van der Waals surface area contributed by atoms with Crippen LogP contribution in [-0.4, -0.2) is 36.0 Å². The molecule has 1 amide bonds. The normalized spacial score (nSPS) is 26.4. The Hall–Kier alpha value is -1.06. The molecule has 2 aliphatic rings. The maximum absolute atomic E-state index is 12.7. The molecule has 2 saturated heterocycles. The van der Waals surface area contributed by atoms with Crippen LogP contribution in [0.15, 0.2) is 24.3 Å². The largest absolute Gasteiger partial charge is 0.339 e. The molecule has 2 atom stereocenters. The molecule has 22 heavy (non-hydrogen) atoms. The number of hydrogen-bond acceptors (Lipinski definition) is 2. The third-order valence-electron chi connectivity index (χ3n) is 5.06. The smallest absolute Gasteiger partial charge is 0.253 e. The van der Waals surface area contributed by atoms with Gasteiger partial charge in [0.1, 0.15) is 0 Å². The molecule has 0 spiro atoms. The molecular formula is C18H27ClN2O. The van der Waals surface area contributed by atoms with Gasteiger partial charge in [-0.1, -0.05) is 25.5 Å². The van der Waals surface area contributed by atoms with Gasteiger partial charge in [-0.25, -0.2) is 0 Å². The van der Waals surface area contributed by atoms with Crippen LogP contribution in [0, 0.1) is 0 Å². The van der Waals surface area contributed by atoms with Crippen molar-refractivity contribution in [2.75, 3.05) is 7.05 Å². The maximum Gasteiger partial charge on any atom is 0.253 e. The summed E-state index contributed by atoms with van der Waals surface area (Å²) in [6.07, 6.45) is 6.98. The molecule has 2 unspecified atom stereocenters. The van der Waals surface area contributed by atoms with Crippen LogP contribution in [0.2, 0.25) is 0 Å². The van der Waals surface area contributed by atoms with Crippen molar-refractivity contribution >= 4 is 18.3 Å². The lowest BCUT2D eigenvalue weighted by atomic mass is 9.97. The highest BCUT2D eigenvalue weighted by Gasteiger charge is 2.36. The molecule has 2 heterocycles. The average molecular weight is 323 g/mol. The van der Waals surface area contributed by atoms with Gasteiger partial charge in [0.05, 0.1) is 0 Å². The highest BCUT2D eigenvalue weighted by Crippen LogP contribution is 2.29. The average Bonchev–Trinajstić information content (AvgIpc) is 2.85. The number of piperidine rings is 1. The van der Waals surface area contributed by atoms with Crippen molar-refractivity contribution in [3.63, 3.8) is 0 Å². The van der Waals surface area contributed by atoms with Crippen molar-refractivity contribution in [3.05, 3.63) is 35.4 Å². The van der Waals surface area contributed by atoms with E-state index in [2.05, 4.69) is 24.4 Å². The Labute approximate surface area is 139 Å². The summed E-state index contributed by atoms with van der Waals surface area (Å²) in [7, 11) is 1.97. The minimum Gasteiger partial charge on any atom is -0.339 e. The van der Waals surface area contributed by atoms with Crippen LogP contribution in [-0.2, 0) is 6.42 Å². The van der Waals surface area contributed by atoms with Crippen LogP contribution >= 0.6 is 12.4 Å². The Bertz CT molecular complexity index is 490. The number of nitrogens with zero attached hydrogens (tertiary/aromatic N) is 1. The van der Waals surface area contributed by atoms with E-state index in [1.165, 1.54) is 18.4 Å². The number of carbonyl (C=O) groups excluding carboxylic acids is 1. The van der Waals surface area contributed by atoms with E-state index in [1.54, 1.807) is 0 Å². The molecule has 2 bridgehead atoms. The number of fused-ring (bicyclic) bond motifs is 2. The monoisotopic (exact) mass is 322 g/mol. The lowest BCUT2D eigenvalue weighted by Gasteiger charge is -2.35. The Morgan fingerprint density at radius 1 is 1.18 bits per heavy atom. The second kappa shape index (κ2) is 7.47. The zero-order valence-electron chi connectivity index (χ0n) is 13.5. The summed E-state index contributed by atoms with van der Waals surface area (Å²) in [6, 6.07) is 9.80. The van der Waals surface area contributed by atoms with Crippen molar-refractivity contribution in [3.8, 4) is 0 Å². The van der Waals surface area contributed by atoms with Gasteiger partial charge in [0.15, 0.2) is 0 Å². The molecule has 0 aromatic heterocycles. The van der Waals surface area contributed by atoms with E-state index in [0.29, 0.717) is 18.1 Å². The Morgan fingerprint density at radius 2 is 1.77 bits per heavy atom. The topological polar surface area (TPSA) is 32.3 Å². The van der Waals surface area contributed by atoms with Gasteiger partial charge in [0.25, 0.3) is 5.91 Å². The fourth-order valence-electron chi connectivity index (χ4n) is 3.82. The van der Waals surface area contributed by atoms with Crippen molar-refractivity contribution in [1.29, 1.82) is 0 Å². The van der Waals surface area contributed by atoms with E-state index in [4.69, 9.17) is 0 Å². The highest BCUT2D eigenvalue weighted by molar-refractivity contribution is 5.94. The van der Waals surface area contributed by atoms with E-state index < -0.39 is 0 Å². The Balaban J connectivity index is 0.00000176. The van der Waals surface area contributed by atoms with E-state index >= 15 is 0 Å². The van der Waals surface area contributed by atoms with Crippen molar-refractivity contribution in [2.24, 2.45) is 0 Å². The van der Waals surface area contributed by atoms with Crippen molar-refractivity contribution in [1.82, 2.24) is 10.2 Å². The van der Waals surface area contributed by atoms with Crippen molar-refractivity contribution in [2.45, 2.75) is 63.6 Å². The van der Waals surface area contributed by atoms with Gasteiger partial charge in [-0.15, -0.1) is 12.4 Å². The van der Waals surface area contributed by atoms with Crippen LogP contribution in [0.4, 0.5) is 0 Å². The second-order valence-electron chi connectivity index (χ2n) is 6.63. The third-order valence-corrected chi connectivity index (χ3v) is 5.06. The first-order chi connectivity index (χ1) is 10.2. The first-order valence-electron chi connectivity index (χ1n) is 8.29. The van der Waals surface area contributed by atoms with Crippen LogP contribution in [0.25, 0.3) is 0 Å². The number of carbonyl (C=O) groups is 1. The zero-order chi connectivity index (χ0) is 14.8. The first kappa shape index (κ1) is 17.3. The summed E-state index contributed by atoms with van der Waals surface area (Å²) in [4.78, 5) is 14.6. The minimum atomic E-state index is 0. The Kier molecular flexibility index (Phi) is 5.87. The van der Waals surface area contributed by atoms with Crippen LogP contribution in [0.1, 0.15) is 54.9 Å². The molecule has 2 aliphatic heterocycles. The van der Waals surface area contributed by atoms with E-state index in [0.717, 1.165) is 31.2 Å². The summed E-state index contributed by atoms with van der Waals surface area (Å²) >= 11 is 0. The predicted molar refractivity (Wildman–Crippen MR) is 92.7 cm³/mol. The molecule has 3 rings (SSSR count). The third kappa shape index (κ3) is 3.64. The van der Waals surface area contributed by atoms with Gasteiger partial charge in [0, 0.05) is 30.7 Å². The summed E-state index contributed by atoms with van der Waals surface area (Å²) in [5, 5.41) is 3.64. The maximum atomic E-state index is 12.7. The van der Waals surface area contributed by atoms with Gasteiger partial charge < -0.3 is 10.2 Å². The molecular weight excluding hydrogens is 296 g/mol. The van der Waals surface area contributed by atoms with Gasteiger partial charge in [-0.05, 0) is 49.8 Å². The van der Waals surface area contributed by atoms with Gasteiger partial charge >= 0.3 is 0 Å². The summed E-state index contributed by atoms with van der Waals surface area (Å²) < 4.78 is 0. The van der Waals surface area contributed by atoms with Crippen LogP contribution < -0.4 is 5.32 Å². The number of aryl methyl sites for hydroxylation is 1. The SMILES string of the molecule is CCCc1ccc(C(=O)N(C)C2CC3CCC(C2)N3)cc1.Cl. The molecule has 1 aromatic carbocycles. The molecule has 0 radical (unpaired) electrons. The number of halogens is 1. The predicted octanol–water partition coefficient (Wildman–Crippen LogP) is 3.42. The standard InChI is InChI=1S/C18H26N2O.ClH/c1-3-4-13-5-7-14(8-6-13)18(21)20(2)17-11-15-9-10-16(12-17)19-15;/h5-8,15-17,19H,3-4,9-12H2,1-2H3;1H. The number of nitrogens with one attached hydrogen (secondary N) is 1. The van der Waals surface area contributed by atoms with Gasteiger partial charge in [-0.2, -0.15) is 0 Å². The molecule has 3 nitrogen and oxygen atoms in total. The molecule has 122 valence electrons. The van der Waals surface area contributed by atoms with Crippen LogP contribution in [0.5, 0.6) is 0 Å². The molecule has 0 aliphatic carbocycles. The summed E-state index contributed by atoms with van der Waals surface area (Å²) in [5.74, 6) is 0.171. The fourth-order valence-corrected chi connectivity index (χ4v) is 3.82. The van der Waals surface area contributed by atoms with Gasteiger partial charge in [0.2, 0.25) is 0 Å². The zero-order valence-corrected chi connectivity index (χ0v) is 14.4. The molecule has 1 N–H and O–H groups in total. The lowest BCUT2D eigenvalue weighted by molar-refractivity contribution is 0.0681. The van der Waals surface area contributed by atoms with E-state index in [9.17, 15) is 4.79 Å². The van der Waals surface area contributed by atoms with E-state index in [-0.39, 0.29) is 18.3 Å². The fraction of sp³-hybridized carbons (Fsp3) is 0.611. The summed E-state index contributed by atoms with van der Waals surface area (Å²) in [5.41, 5.74) is 2.14. The minimum absolute atomic E-state index is 0. The number of rotatable bonds is 4. The van der Waals surface area contributed by atoms with Crippen molar-refractivity contribution < 1.29 is 4.79 Å². The first-order valence-corrected chi connectivity index (χ1v) is 8.29. The molecule has 0 saturated carbocycles. The van der Waals surface area contributed by atoms with Crippen LogP contribution in [0.3, 0.4) is 0 Å². The lowest BCUT2D eigenvalue weighted by Crippen LogP contribution is -2.48. The van der Waals surface area contributed by atoms with Gasteiger partial charge in [-0.3, -0.25) is 4.79 Å². The Morgan fingerprint density at radius 3 is 2.32 bits per heavy atom. The molecule has 4 heteroatoms. The number of hydrogen-bond donors (Lipinski definition) is 1.